The van der Waals surface area contributed by atoms with E-state index in [1.807, 2.05) is 0 Å². The number of carbonyl (C=O) groups excluding carboxylic acids is 2. The van der Waals surface area contributed by atoms with Crippen molar-refractivity contribution < 1.29 is 39.1 Å². The highest BCUT2D eigenvalue weighted by Gasteiger charge is 2.64. The molecule has 1 fully saturated rings. The molecule has 1 aliphatic heterocycles. The Morgan fingerprint density at radius 3 is 2.28 bits per heavy atom. The molecule has 1 aromatic rings. The van der Waals surface area contributed by atoms with Crippen LogP contribution in [0.1, 0.15) is 17.3 Å². The van der Waals surface area contributed by atoms with Gasteiger partial charge in [0.25, 0.3) is 0 Å². The Bertz CT molecular complexity index is 861. The fourth-order valence-corrected chi connectivity index (χ4v) is 6.38. The summed E-state index contributed by atoms with van der Waals surface area (Å²) in [5, 5.41) is 31.8. The van der Waals surface area contributed by atoms with Gasteiger partial charge < -0.3 is 29.5 Å². The summed E-state index contributed by atoms with van der Waals surface area (Å²) in [5.74, 6) is -3.77. The van der Waals surface area contributed by atoms with Crippen LogP contribution in [0.2, 0.25) is 0 Å². The van der Waals surface area contributed by atoms with Crippen molar-refractivity contribution in [1.29, 1.82) is 0 Å². The predicted molar refractivity (Wildman–Crippen MR) is 110 cm³/mol. The Hall–Kier alpha value is -0.980. The molecule has 1 unspecified atom stereocenters. The van der Waals surface area contributed by atoms with Gasteiger partial charge in [0, 0.05) is 19.3 Å². The third-order valence-corrected chi connectivity index (χ3v) is 6.91. The first-order chi connectivity index (χ1) is 13.5. The average molecular weight is 601 g/mol. The van der Waals surface area contributed by atoms with Crippen LogP contribution in [-0.4, -0.2) is 58.5 Å². The maximum absolute atomic E-state index is 12.9. The molecular formula is C18H17Br3O8. The van der Waals surface area contributed by atoms with Crippen LogP contribution in [0.5, 0.6) is 0 Å². The lowest BCUT2D eigenvalue weighted by atomic mass is 9.81. The number of halogens is 3. The second kappa shape index (κ2) is 8.27. The Morgan fingerprint density at radius 1 is 1.14 bits per heavy atom. The number of rotatable bonds is 3. The molecule has 1 aromatic carbocycles. The van der Waals surface area contributed by atoms with Crippen LogP contribution in [-0.2, 0) is 19.0 Å². The van der Waals surface area contributed by atoms with Crippen molar-refractivity contribution in [2.45, 2.75) is 31.0 Å². The molecular weight excluding hydrogens is 584 g/mol. The molecule has 11 heteroatoms. The van der Waals surface area contributed by atoms with Gasteiger partial charge in [0.2, 0.25) is 6.29 Å². The summed E-state index contributed by atoms with van der Waals surface area (Å²) in [6.45, 7) is 1.28. The quantitative estimate of drug-likeness (QED) is 0.452. The molecule has 3 N–H and O–H groups in total. The standard InChI is InChI=1S/C18H17Br3O8/c1-18(26)12-10(7(15(23)27-2)5-28-17(12)25)13(14(18)22)29-16(24)11-8(20)3-6(19)4-9(11)21/h3-5,10,12-14,17,22,25-26H,1-2H3/t10-,12-,13+,14+,17?,18-/m1/s1. The first-order valence-corrected chi connectivity index (χ1v) is 10.8. The molecule has 0 aromatic heterocycles. The van der Waals surface area contributed by atoms with Gasteiger partial charge in [-0.15, -0.1) is 0 Å². The van der Waals surface area contributed by atoms with Crippen molar-refractivity contribution >= 4 is 59.7 Å². The van der Waals surface area contributed by atoms with Crippen LogP contribution in [0.15, 0.2) is 37.4 Å². The molecule has 3 rings (SSSR count). The van der Waals surface area contributed by atoms with E-state index in [0.29, 0.717) is 13.4 Å². The van der Waals surface area contributed by atoms with E-state index < -0.39 is 47.9 Å². The zero-order valence-corrected chi connectivity index (χ0v) is 19.9. The molecule has 1 aliphatic carbocycles. The normalized spacial score (nSPS) is 33.4. The fourth-order valence-electron chi connectivity index (χ4n) is 3.80. The minimum Gasteiger partial charge on any atom is -0.472 e. The molecule has 2 aliphatic rings. The van der Waals surface area contributed by atoms with Gasteiger partial charge >= 0.3 is 11.9 Å². The first kappa shape index (κ1) is 22.7. The van der Waals surface area contributed by atoms with Gasteiger partial charge in [-0.2, -0.15) is 0 Å². The molecule has 0 bridgehead atoms. The van der Waals surface area contributed by atoms with Crippen molar-refractivity contribution in [3.63, 3.8) is 0 Å². The highest BCUT2D eigenvalue weighted by molar-refractivity contribution is 9.11. The smallest absolute Gasteiger partial charge is 0.340 e. The Kier molecular flexibility index (Phi) is 6.48. The van der Waals surface area contributed by atoms with Gasteiger partial charge in [0.05, 0.1) is 30.4 Å². The molecule has 0 saturated heterocycles. The summed E-state index contributed by atoms with van der Waals surface area (Å²) < 4.78 is 16.9. The van der Waals surface area contributed by atoms with E-state index >= 15 is 0 Å². The summed E-state index contributed by atoms with van der Waals surface area (Å²) in [6, 6.07) is 3.28. The van der Waals surface area contributed by atoms with Crippen LogP contribution in [0.3, 0.4) is 0 Å². The molecule has 158 valence electrons. The second-order valence-corrected chi connectivity index (χ2v) is 9.55. The number of ether oxygens (including phenoxy) is 3. The van der Waals surface area contributed by atoms with Gasteiger partial charge in [0.1, 0.15) is 17.8 Å². The number of fused-ring (bicyclic) bond motifs is 1. The van der Waals surface area contributed by atoms with E-state index in [9.17, 15) is 24.9 Å². The van der Waals surface area contributed by atoms with Crippen LogP contribution in [0.4, 0.5) is 0 Å². The fraction of sp³-hybridized carbons (Fsp3) is 0.444. The second-order valence-electron chi connectivity index (χ2n) is 6.93. The van der Waals surface area contributed by atoms with Crippen LogP contribution >= 0.6 is 47.8 Å². The third-order valence-electron chi connectivity index (χ3n) is 5.20. The van der Waals surface area contributed by atoms with Crippen LogP contribution in [0, 0.1) is 11.8 Å². The first-order valence-electron chi connectivity index (χ1n) is 8.38. The number of hydrogen-bond donors (Lipinski definition) is 3. The summed E-state index contributed by atoms with van der Waals surface area (Å²) in [6.07, 6.45) is -3.46. The van der Waals surface area contributed by atoms with Gasteiger partial charge in [-0.25, -0.2) is 9.59 Å². The summed E-state index contributed by atoms with van der Waals surface area (Å²) in [5.41, 5.74) is -1.82. The summed E-state index contributed by atoms with van der Waals surface area (Å²) >= 11 is 9.89. The molecule has 0 amide bonds. The van der Waals surface area contributed by atoms with Gasteiger partial charge in [0.15, 0.2) is 0 Å². The van der Waals surface area contributed by atoms with E-state index in [1.54, 1.807) is 12.1 Å². The summed E-state index contributed by atoms with van der Waals surface area (Å²) in [7, 11) is 1.16. The Balaban J connectivity index is 2.01. The predicted octanol–water partition coefficient (Wildman–Crippen LogP) is 2.26. The van der Waals surface area contributed by atoms with E-state index in [4.69, 9.17) is 14.2 Å². The third kappa shape index (κ3) is 3.88. The lowest BCUT2D eigenvalue weighted by Gasteiger charge is -2.36. The van der Waals surface area contributed by atoms with Crippen molar-refractivity contribution in [2.75, 3.05) is 7.11 Å². The maximum Gasteiger partial charge on any atom is 0.340 e. The van der Waals surface area contributed by atoms with Gasteiger partial charge in [-0.05, 0) is 50.9 Å². The van der Waals surface area contributed by atoms with Gasteiger partial charge in [-0.1, -0.05) is 15.9 Å². The number of hydrogen-bond acceptors (Lipinski definition) is 8. The molecule has 1 heterocycles. The highest BCUT2D eigenvalue weighted by atomic mass is 79.9. The largest absolute Gasteiger partial charge is 0.472 e. The maximum atomic E-state index is 12.9. The van der Waals surface area contributed by atoms with Crippen LogP contribution in [0.25, 0.3) is 0 Å². The highest BCUT2D eigenvalue weighted by Crippen LogP contribution is 2.50. The minimum absolute atomic E-state index is 0.0636. The van der Waals surface area contributed by atoms with Crippen molar-refractivity contribution in [3.8, 4) is 0 Å². The molecule has 6 atom stereocenters. The molecule has 8 nitrogen and oxygen atoms in total. The monoisotopic (exact) mass is 598 g/mol. The summed E-state index contributed by atoms with van der Waals surface area (Å²) in [4.78, 5) is 25.1. The lowest BCUT2D eigenvalue weighted by molar-refractivity contribution is -0.179. The van der Waals surface area contributed by atoms with E-state index in [1.165, 1.54) is 6.92 Å². The Labute approximate surface area is 191 Å². The van der Waals surface area contributed by atoms with E-state index in [0.717, 1.165) is 13.4 Å². The van der Waals surface area contributed by atoms with Gasteiger partial charge in [-0.3, -0.25) is 0 Å². The number of esters is 2. The zero-order valence-electron chi connectivity index (χ0n) is 15.1. The average Bonchev–Trinajstić information content (AvgIpc) is 2.82. The number of aliphatic hydroxyl groups excluding tert-OH is 2. The van der Waals surface area contributed by atoms with E-state index in [2.05, 4.69) is 47.8 Å². The van der Waals surface area contributed by atoms with Crippen molar-refractivity contribution in [2.24, 2.45) is 11.8 Å². The Morgan fingerprint density at radius 2 is 1.72 bits per heavy atom. The zero-order chi connectivity index (χ0) is 21.7. The number of benzene rings is 1. The minimum atomic E-state index is -1.91. The van der Waals surface area contributed by atoms with E-state index in [-0.39, 0.29) is 11.1 Å². The molecule has 29 heavy (non-hydrogen) atoms. The molecule has 0 spiro atoms. The molecule has 1 saturated carbocycles. The lowest BCUT2D eigenvalue weighted by Crippen LogP contribution is -2.48. The molecule has 0 radical (unpaired) electrons. The SMILES string of the molecule is COC(=O)C1=COC(O)[C@H]2[C@@H]1[C@H](OC(=O)c1c(Br)cc(Br)cc1Br)[C@H](O)[C@]2(C)O. The van der Waals surface area contributed by atoms with Crippen molar-refractivity contribution in [3.05, 3.63) is 42.9 Å². The number of carbonyl (C=O) groups is 2. The topological polar surface area (TPSA) is 123 Å². The van der Waals surface area contributed by atoms with Crippen molar-refractivity contribution in [1.82, 2.24) is 0 Å². The van der Waals surface area contributed by atoms with Crippen LogP contribution < -0.4 is 0 Å². The number of methoxy groups -OCH3 is 1. The number of aliphatic hydroxyl groups is 3.